The topological polar surface area (TPSA) is 43.8 Å². The molecular weight excluding hydrogens is 258 g/mol. The fourth-order valence-corrected chi connectivity index (χ4v) is 3.29. The van der Waals surface area contributed by atoms with E-state index in [1.54, 1.807) is 0 Å². The SMILES string of the molecule is CCn1c(CC(C)CC(C)(C)C)nc2cc(CN)ccc21. The number of hydrogen-bond acceptors (Lipinski definition) is 2. The maximum Gasteiger partial charge on any atom is 0.110 e. The predicted octanol–water partition coefficient (Wildman–Crippen LogP) is 4.13. The lowest BCUT2D eigenvalue weighted by Crippen LogP contribution is -2.15. The number of nitrogens with two attached hydrogens (primary N) is 1. The maximum atomic E-state index is 5.73. The molecule has 3 heteroatoms. The Morgan fingerprint density at radius 1 is 1.29 bits per heavy atom. The Balaban J connectivity index is 2.30. The molecule has 0 bridgehead atoms. The number of hydrogen-bond donors (Lipinski definition) is 1. The zero-order chi connectivity index (χ0) is 15.6. The molecule has 1 atom stereocenters. The Bertz CT molecular complexity index is 605. The summed E-state index contributed by atoms with van der Waals surface area (Å²) in [6.45, 7) is 13.0. The van der Waals surface area contributed by atoms with Crippen molar-refractivity contribution in [2.75, 3.05) is 0 Å². The van der Waals surface area contributed by atoms with Gasteiger partial charge in [-0.25, -0.2) is 4.98 Å². The molecule has 1 heterocycles. The fraction of sp³-hybridized carbons (Fsp3) is 0.611. The van der Waals surface area contributed by atoms with Crippen LogP contribution in [0.2, 0.25) is 0 Å². The highest BCUT2D eigenvalue weighted by atomic mass is 15.1. The van der Waals surface area contributed by atoms with Gasteiger partial charge >= 0.3 is 0 Å². The number of imidazole rings is 1. The van der Waals surface area contributed by atoms with Gasteiger partial charge in [0, 0.05) is 19.5 Å². The number of rotatable bonds is 5. The molecule has 0 saturated heterocycles. The van der Waals surface area contributed by atoms with Crippen LogP contribution in [0.1, 0.15) is 52.4 Å². The summed E-state index contributed by atoms with van der Waals surface area (Å²) in [6.07, 6.45) is 2.26. The normalized spacial score (nSPS) is 13.8. The predicted molar refractivity (Wildman–Crippen MR) is 90.2 cm³/mol. The van der Waals surface area contributed by atoms with Gasteiger partial charge < -0.3 is 10.3 Å². The molecule has 0 fully saturated rings. The van der Waals surface area contributed by atoms with Crippen LogP contribution in [0.15, 0.2) is 18.2 Å². The molecule has 0 aliphatic carbocycles. The van der Waals surface area contributed by atoms with Gasteiger partial charge in [0.05, 0.1) is 11.0 Å². The van der Waals surface area contributed by atoms with Gasteiger partial charge in [-0.05, 0) is 42.4 Å². The van der Waals surface area contributed by atoms with Gasteiger partial charge in [0.2, 0.25) is 0 Å². The quantitative estimate of drug-likeness (QED) is 0.898. The van der Waals surface area contributed by atoms with Crippen molar-refractivity contribution in [3.8, 4) is 0 Å². The lowest BCUT2D eigenvalue weighted by molar-refractivity contribution is 0.302. The Labute approximate surface area is 128 Å². The molecule has 0 aliphatic rings. The van der Waals surface area contributed by atoms with E-state index >= 15 is 0 Å². The Kier molecular flexibility index (Phi) is 4.72. The van der Waals surface area contributed by atoms with Crippen LogP contribution >= 0.6 is 0 Å². The van der Waals surface area contributed by atoms with Crippen molar-refractivity contribution in [1.29, 1.82) is 0 Å². The lowest BCUT2D eigenvalue weighted by Gasteiger charge is -2.23. The summed E-state index contributed by atoms with van der Waals surface area (Å²) in [7, 11) is 0. The Morgan fingerprint density at radius 3 is 2.57 bits per heavy atom. The first-order valence-electron chi connectivity index (χ1n) is 8.02. The minimum absolute atomic E-state index is 0.370. The molecule has 2 N–H and O–H groups in total. The molecule has 3 nitrogen and oxygen atoms in total. The van der Waals surface area contributed by atoms with Gasteiger partial charge in [-0.2, -0.15) is 0 Å². The van der Waals surface area contributed by atoms with Crippen molar-refractivity contribution in [3.63, 3.8) is 0 Å². The average Bonchev–Trinajstić information content (AvgIpc) is 2.71. The van der Waals surface area contributed by atoms with Crippen molar-refractivity contribution in [3.05, 3.63) is 29.6 Å². The van der Waals surface area contributed by atoms with E-state index in [0.29, 0.717) is 17.9 Å². The molecule has 21 heavy (non-hydrogen) atoms. The average molecular weight is 287 g/mol. The van der Waals surface area contributed by atoms with Crippen molar-refractivity contribution in [2.24, 2.45) is 17.1 Å². The van der Waals surface area contributed by atoms with E-state index in [-0.39, 0.29) is 0 Å². The van der Waals surface area contributed by atoms with Gasteiger partial charge in [-0.1, -0.05) is 33.8 Å². The second kappa shape index (κ2) is 6.18. The summed E-state index contributed by atoms with van der Waals surface area (Å²) in [6, 6.07) is 6.39. The van der Waals surface area contributed by atoms with Crippen LogP contribution in [0.3, 0.4) is 0 Å². The van der Waals surface area contributed by atoms with E-state index < -0.39 is 0 Å². The monoisotopic (exact) mass is 287 g/mol. The zero-order valence-electron chi connectivity index (χ0n) is 14.1. The van der Waals surface area contributed by atoms with Gasteiger partial charge in [0.1, 0.15) is 5.82 Å². The lowest BCUT2D eigenvalue weighted by atomic mass is 9.84. The van der Waals surface area contributed by atoms with E-state index in [1.165, 1.54) is 17.8 Å². The maximum absolute atomic E-state index is 5.73. The zero-order valence-corrected chi connectivity index (χ0v) is 14.1. The first-order chi connectivity index (χ1) is 9.84. The molecule has 2 rings (SSSR count). The van der Waals surface area contributed by atoms with Gasteiger partial charge in [-0.3, -0.25) is 0 Å². The smallest absolute Gasteiger partial charge is 0.110 e. The van der Waals surface area contributed by atoms with Crippen molar-refractivity contribution in [2.45, 2.75) is 60.5 Å². The first kappa shape index (κ1) is 16.0. The highest BCUT2D eigenvalue weighted by Gasteiger charge is 2.18. The Morgan fingerprint density at radius 2 is 2.00 bits per heavy atom. The molecule has 116 valence electrons. The third kappa shape index (κ3) is 3.85. The minimum Gasteiger partial charge on any atom is -0.328 e. The van der Waals surface area contributed by atoms with Crippen LogP contribution in [-0.2, 0) is 19.5 Å². The molecular formula is C18H29N3. The second-order valence-corrected chi connectivity index (χ2v) is 7.37. The highest BCUT2D eigenvalue weighted by molar-refractivity contribution is 5.77. The summed E-state index contributed by atoms with van der Waals surface area (Å²) in [4.78, 5) is 4.87. The largest absolute Gasteiger partial charge is 0.328 e. The molecule has 1 aromatic carbocycles. The van der Waals surface area contributed by atoms with E-state index in [1.807, 2.05) is 0 Å². The molecule has 0 aliphatic heterocycles. The van der Waals surface area contributed by atoms with E-state index in [9.17, 15) is 0 Å². The number of fused-ring (bicyclic) bond motifs is 1. The molecule has 1 unspecified atom stereocenters. The fourth-order valence-electron chi connectivity index (χ4n) is 3.29. The van der Waals surface area contributed by atoms with Crippen molar-refractivity contribution in [1.82, 2.24) is 9.55 Å². The Hall–Kier alpha value is -1.35. The minimum atomic E-state index is 0.370. The summed E-state index contributed by atoms with van der Waals surface area (Å²) in [5, 5.41) is 0. The molecule has 0 radical (unpaired) electrons. The van der Waals surface area contributed by atoms with Crippen LogP contribution in [0.4, 0.5) is 0 Å². The van der Waals surface area contributed by atoms with Gasteiger partial charge in [0.25, 0.3) is 0 Å². The van der Waals surface area contributed by atoms with Crippen molar-refractivity contribution < 1.29 is 0 Å². The molecule has 1 aromatic heterocycles. The van der Waals surface area contributed by atoms with Crippen molar-refractivity contribution >= 4 is 11.0 Å². The van der Waals surface area contributed by atoms with Crippen LogP contribution in [-0.4, -0.2) is 9.55 Å². The summed E-state index contributed by atoms with van der Waals surface area (Å²) < 4.78 is 2.34. The summed E-state index contributed by atoms with van der Waals surface area (Å²) in [5.74, 6) is 1.85. The van der Waals surface area contributed by atoms with Crippen LogP contribution in [0.25, 0.3) is 11.0 Å². The van der Waals surface area contributed by atoms with Crippen LogP contribution in [0, 0.1) is 11.3 Å². The third-order valence-electron chi connectivity index (χ3n) is 3.94. The number of benzene rings is 1. The van der Waals surface area contributed by atoms with E-state index in [2.05, 4.69) is 57.4 Å². The highest BCUT2D eigenvalue weighted by Crippen LogP contribution is 2.27. The standard InChI is InChI=1S/C18H29N3/c1-6-21-16-8-7-14(12-19)10-15(16)20-17(21)9-13(2)11-18(3,4)5/h7-8,10,13H,6,9,11-12,19H2,1-5H3. The van der Waals surface area contributed by atoms with Crippen LogP contribution in [0.5, 0.6) is 0 Å². The first-order valence-corrected chi connectivity index (χ1v) is 8.02. The summed E-state index contributed by atoms with van der Waals surface area (Å²) in [5.41, 5.74) is 9.57. The van der Waals surface area contributed by atoms with Crippen LogP contribution < -0.4 is 5.73 Å². The number of nitrogens with zero attached hydrogens (tertiary/aromatic N) is 2. The molecule has 0 spiro atoms. The number of aryl methyl sites for hydroxylation is 1. The summed E-state index contributed by atoms with van der Waals surface area (Å²) >= 11 is 0. The third-order valence-corrected chi connectivity index (χ3v) is 3.94. The van der Waals surface area contributed by atoms with Gasteiger partial charge in [0.15, 0.2) is 0 Å². The second-order valence-electron chi connectivity index (χ2n) is 7.37. The van der Waals surface area contributed by atoms with E-state index in [4.69, 9.17) is 10.7 Å². The molecule has 2 aromatic rings. The van der Waals surface area contributed by atoms with E-state index in [0.717, 1.165) is 24.0 Å². The molecule has 0 amide bonds. The molecule has 0 saturated carbocycles. The number of aromatic nitrogens is 2. The van der Waals surface area contributed by atoms with Gasteiger partial charge in [-0.15, -0.1) is 0 Å².